The van der Waals surface area contributed by atoms with E-state index in [0.717, 1.165) is 25.9 Å². The van der Waals surface area contributed by atoms with Crippen LogP contribution in [-0.2, 0) is 4.57 Å². The summed E-state index contributed by atoms with van der Waals surface area (Å²) in [7, 11) is -2.43. The number of piperidine rings is 1. The van der Waals surface area contributed by atoms with E-state index >= 15 is 0 Å². The molecule has 0 spiro atoms. The molecule has 110 valence electrons. The van der Waals surface area contributed by atoms with Crippen molar-refractivity contribution < 1.29 is 4.57 Å². The highest BCUT2D eigenvalue weighted by Crippen LogP contribution is 2.59. The maximum Gasteiger partial charge on any atom is 0.155 e. The van der Waals surface area contributed by atoms with Gasteiger partial charge in [-0.05, 0) is 19.4 Å². The predicted molar refractivity (Wildman–Crippen MR) is 80.7 cm³/mol. The Bertz CT molecular complexity index is 344. The Labute approximate surface area is 118 Å². The van der Waals surface area contributed by atoms with E-state index in [0.29, 0.717) is 19.0 Å². The van der Waals surface area contributed by atoms with Crippen LogP contribution in [0.3, 0.4) is 0 Å². The fraction of sp³-hybridized carbons (Fsp3) is 0.929. The van der Waals surface area contributed by atoms with Crippen LogP contribution in [0.5, 0.6) is 0 Å². The van der Waals surface area contributed by atoms with Crippen molar-refractivity contribution in [3.8, 4) is 6.07 Å². The van der Waals surface area contributed by atoms with Crippen LogP contribution in [0.15, 0.2) is 0 Å². The molecule has 1 saturated heterocycles. The lowest BCUT2D eigenvalue weighted by atomic mass is 10.1. The molecule has 0 aliphatic carbocycles. The van der Waals surface area contributed by atoms with Gasteiger partial charge in [0, 0.05) is 36.9 Å². The Balaban J connectivity index is 2.99. The molecule has 1 aliphatic rings. The summed E-state index contributed by atoms with van der Waals surface area (Å²) in [5.41, 5.74) is 0.293. The molecule has 1 N–H and O–H groups in total. The highest BCUT2D eigenvalue weighted by molar-refractivity contribution is 7.62. The third-order valence-electron chi connectivity index (χ3n) is 4.03. The first-order valence-electron chi connectivity index (χ1n) is 7.38. The van der Waals surface area contributed by atoms with Gasteiger partial charge in [-0.1, -0.05) is 27.7 Å². The first-order chi connectivity index (χ1) is 8.94. The molecule has 1 aliphatic heterocycles. The first kappa shape index (κ1) is 16.7. The van der Waals surface area contributed by atoms with Crippen LogP contribution in [0.25, 0.3) is 0 Å². The highest BCUT2D eigenvalue weighted by Gasteiger charge is 2.40. The molecule has 0 aromatic carbocycles. The zero-order valence-electron chi connectivity index (χ0n) is 12.7. The largest absolute Gasteiger partial charge is 0.315 e. The van der Waals surface area contributed by atoms with Gasteiger partial charge in [0.25, 0.3) is 0 Å². The summed E-state index contributed by atoms with van der Waals surface area (Å²) in [6.45, 7) is 10.8. The molecule has 1 heterocycles. The number of nitriles is 1. The Kier molecular flexibility index (Phi) is 6.53. The maximum absolute atomic E-state index is 13.5. The maximum atomic E-state index is 13.5. The summed E-state index contributed by atoms with van der Waals surface area (Å²) in [6, 6.07) is 2.52. The van der Waals surface area contributed by atoms with Gasteiger partial charge in [0.2, 0.25) is 0 Å². The van der Waals surface area contributed by atoms with Gasteiger partial charge in [0.15, 0.2) is 7.29 Å². The van der Waals surface area contributed by atoms with Crippen molar-refractivity contribution in [1.82, 2.24) is 9.99 Å². The lowest BCUT2D eigenvalue weighted by Gasteiger charge is -2.43. The third-order valence-corrected chi connectivity index (χ3v) is 8.32. The van der Waals surface area contributed by atoms with E-state index in [1.807, 2.05) is 0 Å². The highest BCUT2D eigenvalue weighted by atomic mass is 31.2. The summed E-state index contributed by atoms with van der Waals surface area (Å²) in [4.78, 5) is 0. The normalized spacial score (nSPS) is 21.1. The topological polar surface area (TPSA) is 56.1 Å². The molecule has 1 unspecified atom stereocenters. The lowest BCUT2D eigenvalue weighted by molar-refractivity contribution is 0.262. The van der Waals surface area contributed by atoms with Crippen molar-refractivity contribution in [2.45, 2.75) is 64.3 Å². The summed E-state index contributed by atoms with van der Waals surface area (Å²) in [6.07, 6.45) is 2.67. The number of nitrogens with zero attached hydrogens (tertiary/aromatic N) is 2. The average molecular weight is 285 g/mol. The standard InChI is InChI=1S/C14H28N3OP/c1-12(2)19(18,13(3)4)17(10-6-8-15)14-7-5-9-16-11-14/h12-14,16H,5-7,9-11H2,1-4H3. The lowest BCUT2D eigenvalue weighted by Crippen LogP contribution is -2.46. The van der Waals surface area contributed by atoms with Crippen molar-refractivity contribution in [3.05, 3.63) is 0 Å². The SMILES string of the molecule is CC(C)P(=O)(C(C)C)N(CCC#N)C1CCCNC1. The second kappa shape index (κ2) is 7.43. The van der Waals surface area contributed by atoms with Crippen molar-refractivity contribution in [2.24, 2.45) is 0 Å². The molecular formula is C14H28N3OP. The van der Waals surface area contributed by atoms with E-state index in [4.69, 9.17) is 5.26 Å². The van der Waals surface area contributed by atoms with Crippen LogP contribution >= 0.6 is 7.29 Å². The van der Waals surface area contributed by atoms with Gasteiger partial charge in [0.1, 0.15) is 0 Å². The molecule has 0 aromatic heterocycles. The van der Waals surface area contributed by atoms with E-state index in [9.17, 15) is 4.57 Å². The van der Waals surface area contributed by atoms with Gasteiger partial charge in [-0.25, -0.2) is 4.67 Å². The minimum Gasteiger partial charge on any atom is -0.315 e. The number of rotatable bonds is 6. The van der Waals surface area contributed by atoms with Crippen LogP contribution in [0.2, 0.25) is 0 Å². The van der Waals surface area contributed by atoms with Crippen LogP contribution in [-0.4, -0.2) is 41.7 Å². The van der Waals surface area contributed by atoms with Gasteiger partial charge in [-0.2, -0.15) is 5.26 Å². The number of hydrogen-bond acceptors (Lipinski definition) is 3. The molecule has 1 fully saturated rings. The minimum atomic E-state index is -2.43. The van der Waals surface area contributed by atoms with Crippen LogP contribution < -0.4 is 5.32 Å². The Morgan fingerprint density at radius 1 is 1.37 bits per heavy atom. The Morgan fingerprint density at radius 3 is 2.42 bits per heavy atom. The smallest absolute Gasteiger partial charge is 0.155 e. The molecule has 0 radical (unpaired) electrons. The van der Waals surface area contributed by atoms with Crippen molar-refractivity contribution >= 4 is 7.29 Å². The zero-order chi connectivity index (χ0) is 14.5. The Morgan fingerprint density at radius 2 is 2.00 bits per heavy atom. The fourth-order valence-corrected chi connectivity index (χ4v) is 6.54. The molecule has 0 saturated carbocycles. The molecule has 1 atom stereocenters. The van der Waals surface area contributed by atoms with E-state index in [1.165, 1.54) is 0 Å². The van der Waals surface area contributed by atoms with Crippen LogP contribution in [0.1, 0.15) is 47.0 Å². The Hall–Kier alpha value is -0.360. The molecular weight excluding hydrogens is 257 g/mol. The zero-order valence-corrected chi connectivity index (χ0v) is 13.6. The van der Waals surface area contributed by atoms with E-state index < -0.39 is 7.29 Å². The summed E-state index contributed by atoms with van der Waals surface area (Å²) < 4.78 is 15.7. The van der Waals surface area contributed by atoms with Gasteiger partial charge in [0.05, 0.1) is 6.07 Å². The quantitative estimate of drug-likeness (QED) is 0.762. The van der Waals surface area contributed by atoms with E-state index in [-0.39, 0.29) is 11.3 Å². The van der Waals surface area contributed by atoms with Crippen molar-refractivity contribution in [2.75, 3.05) is 19.6 Å². The second-order valence-corrected chi connectivity index (χ2v) is 9.86. The van der Waals surface area contributed by atoms with E-state index in [1.54, 1.807) is 0 Å². The molecule has 5 heteroatoms. The van der Waals surface area contributed by atoms with Gasteiger partial charge >= 0.3 is 0 Å². The third kappa shape index (κ3) is 3.81. The summed E-state index contributed by atoms with van der Waals surface area (Å²) in [5.74, 6) is 0. The van der Waals surface area contributed by atoms with Gasteiger partial charge in [-0.3, -0.25) is 0 Å². The molecule has 4 nitrogen and oxygen atoms in total. The van der Waals surface area contributed by atoms with Crippen molar-refractivity contribution in [1.29, 1.82) is 5.26 Å². The first-order valence-corrected chi connectivity index (χ1v) is 9.18. The molecule has 0 aromatic rings. The number of hydrogen-bond donors (Lipinski definition) is 1. The van der Waals surface area contributed by atoms with Crippen molar-refractivity contribution in [3.63, 3.8) is 0 Å². The molecule has 19 heavy (non-hydrogen) atoms. The minimum absolute atomic E-state index is 0.146. The molecule has 0 amide bonds. The summed E-state index contributed by atoms with van der Waals surface area (Å²) >= 11 is 0. The molecule has 0 bridgehead atoms. The van der Waals surface area contributed by atoms with Crippen LogP contribution in [0, 0.1) is 11.3 Å². The van der Waals surface area contributed by atoms with E-state index in [2.05, 4.69) is 43.8 Å². The second-order valence-electron chi connectivity index (χ2n) is 5.93. The predicted octanol–water partition coefficient (Wildman–Crippen LogP) is 3.05. The fourth-order valence-electron chi connectivity index (χ4n) is 3.04. The van der Waals surface area contributed by atoms with Gasteiger partial charge < -0.3 is 9.88 Å². The summed E-state index contributed by atoms with van der Waals surface area (Å²) in [5, 5.41) is 12.3. The van der Waals surface area contributed by atoms with Gasteiger partial charge in [-0.15, -0.1) is 0 Å². The monoisotopic (exact) mass is 285 g/mol. The average Bonchev–Trinajstić information content (AvgIpc) is 2.39. The molecule has 1 rings (SSSR count). The number of nitrogens with one attached hydrogen (secondary N) is 1. The van der Waals surface area contributed by atoms with Crippen LogP contribution in [0.4, 0.5) is 0 Å².